The highest BCUT2D eigenvalue weighted by Crippen LogP contribution is 2.21. The maximum absolute atomic E-state index is 11.3. The van der Waals surface area contributed by atoms with Gasteiger partial charge in [-0.1, -0.05) is 0 Å². The Hall–Kier alpha value is -0.460. The summed E-state index contributed by atoms with van der Waals surface area (Å²) in [6.45, 7) is 1.79. The predicted octanol–water partition coefficient (Wildman–Crippen LogP) is 1.40. The highest BCUT2D eigenvalue weighted by atomic mass is 32.2. The first kappa shape index (κ1) is 13.0. The van der Waals surface area contributed by atoms with Crippen molar-refractivity contribution >= 4 is 21.2 Å². The summed E-state index contributed by atoms with van der Waals surface area (Å²) in [5, 5.41) is 2.05. The molecule has 1 aromatic heterocycles. The molecule has 1 atom stereocenters. The van der Waals surface area contributed by atoms with Crippen LogP contribution in [0.25, 0.3) is 0 Å². The molecule has 1 aliphatic rings. The van der Waals surface area contributed by atoms with Gasteiger partial charge >= 0.3 is 0 Å². The summed E-state index contributed by atoms with van der Waals surface area (Å²) >= 11 is 1.61. The minimum absolute atomic E-state index is 0.359. The van der Waals surface area contributed by atoms with Gasteiger partial charge in [-0.2, -0.15) is 0 Å². The summed E-state index contributed by atoms with van der Waals surface area (Å²) in [6.07, 6.45) is 1.81. The summed E-state index contributed by atoms with van der Waals surface area (Å²) in [6, 6.07) is 0. The quantitative estimate of drug-likeness (QED) is 0.814. The lowest BCUT2D eigenvalue weighted by atomic mass is 10.1. The molecule has 2 rings (SSSR count). The van der Waals surface area contributed by atoms with Crippen LogP contribution >= 0.6 is 11.3 Å². The second kappa shape index (κ2) is 5.46. The summed E-state index contributed by atoms with van der Waals surface area (Å²) in [7, 11) is -0.664. The molecule has 0 amide bonds. The van der Waals surface area contributed by atoms with Crippen LogP contribution in [0.2, 0.25) is 0 Å². The third-order valence-corrected chi connectivity index (χ3v) is 5.63. The van der Waals surface area contributed by atoms with E-state index in [-0.39, 0.29) is 0 Å². The molecule has 1 unspecified atom stereocenters. The third-order valence-electron chi connectivity index (χ3n) is 3.16. The topological polar surface area (TPSA) is 50.3 Å². The largest absolute Gasteiger partial charge is 0.301 e. The summed E-state index contributed by atoms with van der Waals surface area (Å²) in [5.41, 5.74) is 2.93. The van der Waals surface area contributed by atoms with Gasteiger partial charge in [-0.15, -0.1) is 11.3 Å². The van der Waals surface area contributed by atoms with Crippen LogP contribution in [0, 0.1) is 5.92 Å². The second-order valence-electron chi connectivity index (χ2n) is 4.78. The van der Waals surface area contributed by atoms with E-state index in [4.69, 9.17) is 0 Å². The minimum atomic E-state index is -2.72. The summed E-state index contributed by atoms with van der Waals surface area (Å²) < 4.78 is 22.6. The average molecular weight is 274 g/mol. The number of hydrogen-bond donors (Lipinski definition) is 0. The molecule has 0 aliphatic carbocycles. The molecule has 1 saturated heterocycles. The van der Waals surface area contributed by atoms with Gasteiger partial charge in [0.25, 0.3) is 0 Å². The second-order valence-corrected chi connectivity index (χ2v) is 7.72. The van der Waals surface area contributed by atoms with Gasteiger partial charge in [-0.25, -0.2) is 13.4 Å². The fourth-order valence-electron chi connectivity index (χ4n) is 2.17. The molecule has 2 heterocycles. The fourth-order valence-corrected chi connectivity index (χ4v) is 4.63. The van der Waals surface area contributed by atoms with Crippen molar-refractivity contribution in [3.8, 4) is 0 Å². The molecule has 4 nitrogen and oxygen atoms in total. The van der Waals surface area contributed by atoms with Crippen LogP contribution in [-0.4, -0.2) is 43.4 Å². The molecule has 17 heavy (non-hydrogen) atoms. The highest BCUT2D eigenvalue weighted by molar-refractivity contribution is 7.91. The van der Waals surface area contributed by atoms with Crippen LogP contribution in [0.4, 0.5) is 0 Å². The van der Waals surface area contributed by atoms with Gasteiger partial charge in [0.2, 0.25) is 0 Å². The Morgan fingerprint density at radius 2 is 2.41 bits per heavy atom. The van der Waals surface area contributed by atoms with Crippen LogP contribution < -0.4 is 0 Å². The third kappa shape index (κ3) is 4.04. The van der Waals surface area contributed by atoms with Crippen LogP contribution in [0.3, 0.4) is 0 Å². The van der Waals surface area contributed by atoms with Crippen molar-refractivity contribution < 1.29 is 8.42 Å². The first-order valence-corrected chi connectivity index (χ1v) is 8.57. The molecule has 0 N–H and O–H groups in total. The molecule has 96 valence electrons. The average Bonchev–Trinajstić information content (AvgIpc) is 2.85. The number of sulfone groups is 1. The Bertz CT molecular complexity index is 442. The fraction of sp³-hybridized carbons (Fsp3) is 0.727. The Balaban J connectivity index is 1.72. The van der Waals surface area contributed by atoms with Crippen molar-refractivity contribution in [1.82, 2.24) is 9.88 Å². The molecule has 0 saturated carbocycles. The molecule has 1 fully saturated rings. The van der Waals surface area contributed by atoms with Crippen molar-refractivity contribution in [2.45, 2.75) is 19.4 Å². The van der Waals surface area contributed by atoms with Crippen molar-refractivity contribution in [3.63, 3.8) is 0 Å². The standard InChI is InChI=1S/C11H18N2O2S2/c1-13(6-11-7-16-9-12-11)4-2-10-3-5-17(14,15)8-10/h7,9-10H,2-6,8H2,1H3. The summed E-state index contributed by atoms with van der Waals surface area (Å²) in [4.78, 5) is 6.45. The zero-order valence-electron chi connectivity index (χ0n) is 10.0. The van der Waals surface area contributed by atoms with Gasteiger partial charge in [-0.3, -0.25) is 0 Å². The Labute approximate surface area is 107 Å². The number of nitrogens with zero attached hydrogens (tertiary/aromatic N) is 2. The summed E-state index contributed by atoms with van der Waals surface area (Å²) in [5.74, 6) is 1.13. The Morgan fingerprint density at radius 3 is 3.00 bits per heavy atom. The molecule has 1 aliphatic heterocycles. The van der Waals surface area contributed by atoms with Crippen LogP contribution in [-0.2, 0) is 16.4 Å². The lowest BCUT2D eigenvalue weighted by molar-refractivity contribution is 0.297. The van der Waals surface area contributed by atoms with Gasteiger partial charge in [-0.05, 0) is 32.4 Å². The first-order valence-electron chi connectivity index (χ1n) is 5.81. The SMILES string of the molecule is CN(CCC1CCS(=O)(=O)C1)Cc1cscn1. The number of hydrogen-bond acceptors (Lipinski definition) is 5. The molecular formula is C11H18N2O2S2. The van der Waals surface area contributed by atoms with Crippen LogP contribution in [0.1, 0.15) is 18.5 Å². The number of aromatic nitrogens is 1. The van der Waals surface area contributed by atoms with E-state index >= 15 is 0 Å². The van der Waals surface area contributed by atoms with E-state index in [0.29, 0.717) is 17.4 Å². The molecule has 1 aromatic rings. The minimum Gasteiger partial charge on any atom is -0.301 e. The molecule has 6 heteroatoms. The van der Waals surface area contributed by atoms with Gasteiger partial charge in [0.1, 0.15) is 0 Å². The molecule has 0 bridgehead atoms. The monoisotopic (exact) mass is 274 g/mol. The van der Waals surface area contributed by atoms with Crippen molar-refractivity contribution in [2.24, 2.45) is 5.92 Å². The van der Waals surface area contributed by atoms with Gasteiger partial charge < -0.3 is 4.90 Å². The normalized spacial score (nSPS) is 23.3. The highest BCUT2D eigenvalue weighted by Gasteiger charge is 2.27. The Kier molecular flexibility index (Phi) is 4.17. The van der Waals surface area contributed by atoms with Crippen molar-refractivity contribution in [1.29, 1.82) is 0 Å². The van der Waals surface area contributed by atoms with Crippen LogP contribution in [0.15, 0.2) is 10.9 Å². The lowest BCUT2D eigenvalue weighted by Crippen LogP contribution is -2.21. The van der Waals surface area contributed by atoms with E-state index < -0.39 is 9.84 Å². The van der Waals surface area contributed by atoms with E-state index in [2.05, 4.69) is 22.3 Å². The zero-order valence-corrected chi connectivity index (χ0v) is 11.6. The van der Waals surface area contributed by atoms with Gasteiger partial charge in [0, 0.05) is 11.9 Å². The van der Waals surface area contributed by atoms with Crippen LogP contribution in [0.5, 0.6) is 0 Å². The van der Waals surface area contributed by atoms with Gasteiger partial charge in [0.15, 0.2) is 9.84 Å². The van der Waals surface area contributed by atoms with Crippen molar-refractivity contribution in [3.05, 3.63) is 16.6 Å². The smallest absolute Gasteiger partial charge is 0.150 e. The molecule has 0 aromatic carbocycles. The van der Waals surface area contributed by atoms with E-state index in [1.807, 2.05) is 5.51 Å². The van der Waals surface area contributed by atoms with Crippen molar-refractivity contribution in [2.75, 3.05) is 25.1 Å². The van der Waals surface area contributed by atoms with E-state index in [0.717, 1.165) is 31.6 Å². The van der Waals surface area contributed by atoms with E-state index in [1.54, 1.807) is 11.3 Å². The van der Waals surface area contributed by atoms with Gasteiger partial charge in [0.05, 0.1) is 22.7 Å². The lowest BCUT2D eigenvalue weighted by Gasteiger charge is -2.17. The first-order chi connectivity index (χ1) is 8.05. The maximum atomic E-state index is 11.3. The van der Waals surface area contributed by atoms with E-state index in [9.17, 15) is 8.42 Å². The molecule has 0 radical (unpaired) electrons. The maximum Gasteiger partial charge on any atom is 0.150 e. The number of rotatable bonds is 5. The molecule has 0 spiro atoms. The Morgan fingerprint density at radius 1 is 1.59 bits per heavy atom. The predicted molar refractivity (Wildman–Crippen MR) is 69.8 cm³/mol. The molecular weight excluding hydrogens is 256 g/mol. The number of thiazole rings is 1. The zero-order chi connectivity index (χ0) is 12.3. The van der Waals surface area contributed by atoms with E-state index in [1.165, 1.54) is 0 Å².